The van der Waals surface area contributed by atoms with E-state index in [1.165, 1.54) is 36.0 Å². The molecule has 1 unspecified atom stereocenters. The molecule has 1 atom stereocenters. The number of rotatable bonds is 11. The lowest BCUT2D eigenvalue weighted by Gasteiger charge is -2.34. The summed E-state index contributed by atoms with van der Waals surface area (Å²) in [6.45, 7) is 10.2. The molecular formula is C31H48N4O. The monoisotopic (exact) mass is 492 g/mol. The molecule has 198 valence electrons. The molecule has 5 nitrogen and oxygen atoms in total. The van der Waals surface area contributed by atoms with Crippen molar-refractivity contribution in [2.75, 3.05) is 33.2 Å². The first-order chi connectivity index (χ1) is 17.5. The van der Waals surface area contributed by atoms with Crippen LogP contribution in [0.2, 0.25) is 0 Å². The fourth-order valence-corrected chi connectivity index (χ4v) is 5.26. The smallest absolute Gasteiger partial charge is 0.223 e. The van der Waals surface area contributed by atoms with Gasteiger partial charge in [-0.2, -0.15) is 0 Å². The van der Waals surface area contributed by atoms with Crippen molar-refractivity contribution in [2.24, 2.45) is 27.7 Å². The Morgan fingerprint density at radius 2 is 1.92 bits per heavy atom. The second-order valence-electron chi connectivity index (χ2n) is 10.9. The standard InChI is InChI=1S/C31H48N4O/c1-5-6-19-34-31(36)29-15-13-28(14-16-29)27-11-9-25(10-12-27)7-8-26-17-20-35(21-18-26)30(32-4)23-33-22-24(2)3/h9-13,22,24,26,29H,5-8,14-21,23H2,1-4H3,(H,34,36). The number of nitrogens with one attached hydrogen (secondary N) is 1. The summed E-state index contributed by atoms with van der Waals surface area (Å²) in [5.41, 5.74) is 4.16. The highest BCUT2D eigenvalue weighted by Gasteiger charge is 2.22. The highest BCUT2D eigenvalue weighted by atomic mass is 16.1. The Bertz CT molecular complexity index is 892. The van der Waals surface area contributed by atoms with Crippen molar-refractivity contribution >= 4 is 23.5 Å². The molecule has 1 fully saturated rings. The predicted octanol–water partition coefficient (Wildman–Crippen LogP) is 6.19. The van der Waals surface area contributed by atoms with Crippen LogP contribution in [0.4, 0.5) is 0 Å². The molecule has 36 heavy (non-hydrogen) atoms. The molecule has 1 aliphatic heterocycles. The zero-order valence-corrected chi connectivity index (χ0v) is 23.1. The molecule has 3 rings (SSSR count). The van der Waals surface area contributed by atoms with Crippen molar-refractivity contribution in [1.82, 2.24) is 10.2 Å². The number of piperidine rings is 1. The average molecular weight is 493 g/mol. The number of aryl methyl sites for hydroxylation is 1. The van der Waals surface area contributed by atoms with E-state index in [1.54, 1.807) is 0 Å². The molecule has 1 amide bonds. The minimum absolute atomic E-state index is 0.142. The number of nitrogens with zero attached hydrogens (tertiary/aromatic N) is 3. The molecule has 0 radical (unpaired) electrons. The molecule has 0 spiro atoms. The van der Waals surface area contributed by atoms with Gasteiger partial charge in [-0.15, -0.1) is 0 Å². The largest absolute Gasteiger partial charge is 0.359 e. The Morgan fingerprint density at radius 1 is 1.17 bits per heavy atom. The molecular weight excluding hydrogens is 444 g/mol. The lowest BCUT2D eigenvalue weighted by Crippen LogP contribution is -2.40. The van der Waals surface area contributed by atoms with Crippen LogP contribution in [0, 0.1) is 17.8 Å². The summed E-state index contributed by atoms with van der Waals surface area (Å²) in [6, 6.07) is 9.19. The second-order valence-corrected chi connectivity index (χ2v) is 10.9. The zero-order valence-electron chi connectivity index (χ0n) is 23.1. The molecule has 1 aromatic rings. The number of amides is 1. The molecule has 2 aliphatic rings. The number of allylic oxidation sites excluding steroid dienone is 2. The molecule has 0 saturated carbocycles. The Morgan fingerprint density at radius 3 is 2.53 bits per heavy atom. The summed E-state index contributed by atoms with van der Waals surface area (Å²) in [4.78, 5) is 23.8. The van der Waals surface area contributed by atoms with Crippen molar-refractivity contribution in [2.45, 2.75) is 78.6 Å². The number of likely N-dealkylation sites (tertiary alicyclic amines) is 1. The van der Waals surface area contributed by atoms with E-state index in [0.717, 1.165) is 69.9 Å². The highest BCUT2D eigenvalue weighted by molar-refractivity contribution is 5.85. The van der Waals surface area contributed by atoms with Crippen LogP contribution < -0.4 is 5.32 Å². The number of benzene rings is 1. The fraction of sp³-hybridized carbons (Fsp3) is 0.645. The van der Waals surface area contributed by atoms with Gasteiger partial charge in [0, 0.05) is 38.8 Å². The molecule has 1 heterocycles. The van der Waals surface area contributed by atoms with Crippen molar-refractivity contribution in [1.29, 1.82) is 0 Å². The van der Waals surface area contributed by atoms with Gasteiger partial charge in [-0.05, 0) is 79.9 Å². The predicted molar refractivity (Wildman–Crippen MR) is 154 cm³/mol. The van der Waals surface area contributed by atoms with E-state index in [4.69, 9.17) is 0 Å². The number of carbonyl (C=O) groups is 1. The quantitative estimate of drug-likeness (QED) is 0.228. The first-order valence-corrected chi connectivity index (χ1v) is 14.3. The van der Waals surface area contributed by atoms with Crippen molar-refractivity contribution in [3.8, 4) is 0 Å². The number of hydrogen-bond donors (Lipinski definition) is 1. The Balaban J connectivity index is 1.40. The Hall–Kier alpha value is -2.43. The van der Waals surface area contributed by atoms with E-state index in [0.29, 0.717) is 12.5 Å². The minimum Gasteiger partial charge on any atom is -0.359 e. The van der Waals surface area contributed by atoms with Crippen molar-refractivity contribution in [3.63, 3.8) is 0 Å². The molecule has 0 bridgehead atoms. The normalized spacial score (nSPS) is 19.7. The van der Waals surface area contributed by atoms with E-state index in [1.807, 2.05) is 13.3 Å². The van der Waals surface area contributed by atoms with Gasteiger partial charge >= 0.3 is 0 Å². The third-order valence-electron chi connectivity index (χ3n) is 7.65. The molecule has 5 heteroatoms. The Labute approximate surface area is 219 Å². The maximum absolute atomic E-state index is 12.3. The van der Waals surface area contributed by atoms with Crippen LogP contribution in [0.1, 0.15) is 83.3 Å². The summed E-state index contributed by atoms with van der Waals surface area (Å²) in [5, 5.41) is 3.10. The van der Waals surface area contributed by atoms with Crippen molar-refractivity contribution < 1.29 is 4.79 Å². The van der Waals surface area contributed by atoms with Crippen LogP contribution in [0.5, 0.6) is 0 Å². The van der Waals surface area contributed by atoms with Gasteiger partial charge in [-0.3, -0.25) is 14.8 Å². The van der Waals surface area contributed by atoms with Gasteiger partial charge in [-0.25, -0.2) is 0 Å². The number of amidine groups is 1. The number of aliphatic imine (C=N–C) groups is 2. The van der Waals surface area contributed by atoms with Gasteiger partial charge in [0.05, 0.1) is 6.54 Å². The van der Waals surface area contributed by atoms with E-state index < -0.39 is 0 Å². The fourth-order valence-electron chi connectivity index (χ4n) is 5.26. The zero-order chi connectivity index (χ0) is 25.8. The summed E-state index contributed by atoms with van der Waals surface area (Å²) in [5.74, 6) is 2.78. The number of unbranched alkanes of at least 4 members (excludes halogenated alkanes) is 1. The van der Waals surface area contributed by atoms with Gasteiger partial charge in [-0.1, -0.05) is 57.5 Å². The first-order valence-electron chi connectivity index (χ1n) is 14.3. The third kappa shape index (κ3) is 8.90. The van der Waals surface area contributed by atoms with Crippen LogP contribution >= 0.6 is 0 Å². The van der Waals surface area contributed by atoms with Gasteiger partial charge < -0.3 is 10.2 Å². The minimum atomic E-state index is 0.142. The second kappa shape index (κ2) is 15.0. The summed E-state index contributed by atoms with van der Waals surface area (Å²) in [7, 11) is 1.89. The lowest BCUT2D eigenvalue weighted by atomic mass is 9.85. The van der Waals surface area contributed by atoms with Crippen LogP contribution in [0.25, 0.3) is 5.57 Å². The van der Waals surface area contributed by atoms with Crippen LogP contribution in [0.15, 0.2) is 40.3 Å². The third-order valence-corrected chi connectivity index (χ3v) is 7.65. The van der Waals surface area contributed by atoms with Gasteiger partial charge in [0.2, 0.25) is 5.91 Å². The molecule has 0 aromatic heterocycles. The van der Waals surface area contributed by atoms with Crippen molar-refractivity contribution in [3.05, 3.63) is 41.5 Å². The van der Waals surface area contributed by atoms with Crippen LogP contribution in [-0.2, 0) is 11.2 Å². The van der Waals surface area contributed by atoms with E-state index >= 15 is 0 Å². The van der Waals surface area contributed by atoms with Gasteiger partial charge in [0.25, 0.3) is 0 Å². The SMILES string of the molecule is CCCCNC(=O)C1CC=C(c2ccc(CCC3CCN(C(CN=CC(C)C)=NC)CC3)cc2)CC1. The average Bonchev–Trinajstić information content (AvgIpc) is 2.91. The molecule has 1 N–H and O–H groups in total. The summed E-state index contributed by atoms with van der Waals surface area (Å²) in [6.07, 6.45) is 14.2. The van der Waals surface area contributed by atoms with Gasteiger partial charge in [0.1, 0.15) is 5.84 Å². The maximum Gasteiger partial charge on any atom is 0.223 e. The molecule has 1 aromatic carbocycles. The highest BCUT2D eigenvalue weighted by Crippen LogP contribution is 2.31. The topological polar surface area (TPSA) is 57.1 Å². The Kier molecular flexibility index (Phi) is 11.7. The lowest BCUT2D eigenvalue weighted by molar-refractivity contribution is -0.125. The van der Waals surface area contributed by atoms with E-state index in [2.05, 4.69) is 71.3 Å². The maximum atomic E-state index is 12.3. The van der Waals surface area contributed by atoms with Crippen LogP contribution in [0.3, 0.4) is 0 Å². The molecule has 1 saturated heterocycles. The first kappa shape index (κ1) is 28.1. The number of hydrogen-bond acceptors (Lipinski definition) is 3. The summed E-state index contributed by atoms with van der Waals surface area (Å²) < 4.78 is 0. The van der Waals surface area contributed by atoms with Gasteiger partial charge in [0.15, 0.2) is 0 Å². The van der Waals surface area contributed by atoms with Crippen LogP contribution in [-0.4, -0.2) is 56.1 Å². The summed E-state index contributed by atoms with van der Waals surface area (Å²) >= 11 is 0. The molecule has 1 aliphatic carbocycles. The van der Waals surface area contributed by atoms with E-state index in [-0.39, 0.29) is 11.8 Å². The number of carbonyl (C=O) groups excluding carboxylic acids is 1. The van der Waals surface area contributed by atoms with E-state index in [9.17, 15) is 4.79 Å².